The zero-order valence-electron chi connectivity index (χ0n) is 8.62. The molecule has 0 unspecified atom stereocenters. The summed E-state index contributed by atoms with van der Waals surface area (Å²) in [6.45, 7) is 7.29. The number of nitrogens with two attached hydrogens (primary N) is 1. The standard InChI is InChI=1S/C11H18N2/c1-9(2)8-13(12)11-6-4-10(3)5-7-11/h4-7,9H,8,12H2,1-3H3. The van der Waals surface area contributed by atoms with E-state index in [0.29, 0.717) is 5.92 Å². The number of hydrogen-bond donors (Lipinski definition) is 1. The summed E-state index contributed by atoms with van der Waals surface area (Å²) < 4.78 is 0. The summed E-state index contributed by atoms with van der Waals surface area (Å²) in [5.41, 5.74) is 2.35. The van der Waals surface area contributed by atoms with E-state index in [2.05, 4.69) is 45.0 Å². The molecule has 72 valence electrons. The van der Waals surface area contributed by atoms with E-state index in [1.54, 1.807) is 5.01 Å². The van der Waals surface area contributed by atoms with Gasteiger partial charge in [0.05, 0.1) is 5.69 Å². The highest BCUT2D eigenvalue weighted by atomic mass is 15.4. The molecule has 0 fully saturated rings. The lowest BCUT2D eigenvalue weighted by atomic mass is 10.2. The van der Waals surface area contributed by atoms with E-state index in [-0.39, 0.29) is 0 Å². The molecular formula is C11H18N2. The summed E-state index contributed by atoms with van der Waals surface area (Å²) in [4.78, 5) is 0. The van der Waals surface area contributed by atoms with Gasteiger partial charge in [0, 0.05) is 6.54 Å². The van der Waals surface area contributed by atoms with Gasteiger partial charge in [-0.25, -0.2) is 5.84 Å². The Labute approximate surface area is 80.3 Å². The fourth-order valence-corrected chi connectivity index (χ4v) is 1.24. The minimum atomic E-state index is 0.589. The van der Waals surface area contributed by atoms with E-state index in [4.69, 9.17) is 5.84 Å². The maximum Gasteiger partial charge on any atom is 0.0517 e. The lowest BCUT2D eigenvalue weighted by molar-refractivity contribution is 0.621. The van der Waals surface area contributed by atoms with E-state index < -0.39 is 0 Å². The van der Waals surface area contributed by atoms with Crippen LogP contribution in [0.1, 0.15) is 19.4 Å². The predicted octanol–water partition coefficient (Wildman–Crippen LogP) is 2.33. The average molecular weight is 178 g/mol. The number of aryl methyl sites for hydroxylation is 1. The highest BCUT2D eigenvalue weighted by Crippen LogP contribution is 2.12. The summed E-state index contributed by atoms with van der Waals surface area (Å²) >= 11 is 0. The fourth-order valence-electron chi connectivity index (χ4n) is 1.24. The quantitative estimate of drug-likeness (QED) is 0.568. The molecule has 0 amide bonds. The van der Waals surface area contributed by atoms with Crippen molar-refractivity contribution < 1.29 is 0 Å². The molecule has 0 aromatic heterocycles. The van der Waals surface area contributed by atoms with Crippen molar-refractivity contribution in [2.75, 3.05) is 11.6 Å². The molecule has 13 heavy (non-hydrogen) atoms. The lowest BCUT2D eigenvalue weighted by Crippen LogP contribution is -2.34. The fraction of sp³-hybridized carbons (Fsp3) is 0.455. The topological polar surface area (TPSA) is 29.3 Å². The monoisotopic (exact) mass is 178 g/mol. The highest BCUT2D eigenvalue weighted by molar-refractivity contribution is 5.45. The van der Waals surface area contributed by atoms with Crippen LogP contribution in [-0.2, 0) is 0 Å². The third-order valence-electron chi connectivity index (χ3n) is 1.93. The Balaban J connectivity index is 2.66. The van der Waals surface area contributed by atoms with Crippen LogP contribution in [-0.4, -0.2) is 6.54 Å². The first-order valence-electron chi connectivity index (χ1n) is 4.68. The second-order valence-corrected chi connectivity index (χ2v) is 3.88. The Hall–Kier alpha value is -1.02. The van der Waals surface area contributed by atoms with Crippen LogP contribution < -0.4 is 10.9 Å². The van der Waals surface area contributed by atoms with E-state index >= 15 is 0 Å². The summed E-state index contributed by atoms with van der Waals surface area (Å²) in [7, 11) is 0. The van der Waals surface area contributed by atoms with Crippen molar-refractivity contribution in [1.82, 2.24) is 0 Å². The Bertz CT molecular complexity index is 251. The first-order valence-corrected chi connectivity index (χ1v) is 4.68. The van der Waals surface area contributed by atoms with Gasteiger partial charge < -0.3 is 5.01 Å². The minimum Gasteiger partial charge on any atom is -0.311 e. The third-order valence-corrected chi connectivity index (χ3v) is 1.93. The summed E-state index contributed by atoms with van der Waals surface area (Å²) in [6.07, 6.45) is 0. The number of hydrazine groups is 1. The second-order valence-electron chi connectivity index (χ2n) is 3.88. The van der Waals surface area contributed by atoms with Gasteiger partial charge in [-0.3, -0.25) is 0 Å². The van der Waals surface area contributed by atoms with Gasteiger partial charge in [-0.15, -0.1) is 0 Å². The SMILES string of the molecule is Cc1ccc(N(N)CC(C)C)cc1. The maximum absolute atomic E-state index is 5.88. The van der Waals surface area contributed by atoms with Crippen LogP contribution in [0, 0.1) is 12.8 Å². The molecule has 0 heterocycles. The van der Waals surface area contributed by atoms with Gasteiger partial charge >= 0.3 is 0 Å². The van der Waals surface area contributed by atoms with Gasteiger partial charge in [0.1, 0.15) is 0 Å². The number of benzene rings is 1. The Morgan fingerprint density at radius 2 is 1.77 bits per heavy atom. The molecule has 1 aromatic carbocycles. The van der Waals surface area contributed by atoms with E-state index in [0.717, 1.165) is 12.2 Å². The molecule has 0 radical (unpaired) electrons. The van der Waals surface area contributed by atoms with Crippen molar-refractivity contribution in [1.29, 1.82) is 0 Å². The van der Waals surface area contributed by atoms with Gasteiger partial charge in [-0.1, -0.05) is 31.5 Å². The zero-order valence-corrected chi connectivity index (χ0v) is 8.62. The molecule has 0 bridgehead atoms. The molecule has 0 saturated heterocycles. The summed E-state index contributed by atoms with van der Waals surface area (Å²) in [5.74, 6) is 6.47. The molecule has 2 heteroatoms. The van der Waals surface area contributed by atoms with E-state index in [1.807, 2.05) is 0 Å². The number of anilines is 1. The number of rotatable bonds is 3. The van der Waals surface area contributed by atoms with Crippen LogP contribution in [0.4, 0.5) is 5.69 Å². The van der Waals surface area contributed by atoms with Gasteiger partial charge in [-0.05, 0) is 25.0 Å². The normalized spacial score (nSPS) is 10.5. The first-order chi connectivity index (χ1) is 6.09. The van der Waals surface area contributed by atoms with Crippen LogP contribution in [0.25, 0.3) is 0 Å². The van der Waals surface area contributed by atoms with Crippen molar-refractivity contribution >= 4 is 5.69 Å². The number of hydrogen-bond acceptors (Lipinski definition) is 2. The van der Waals surface area contributed by atoms with Crippen LogP contribution in [0.15, 0.2) is 24.3 Å². The summed E-state index contributed by atoms with van der Waals surface area (Å²) in [6, 6.07) is 8.26. The van der Waals surface area contributed by atoms with Gasteiger partial charge in [0.25, 0.3) is 0 Å². The molecule has 0 saturated carbocycles. The second kappa shape index (κ2) is 4.28. The molecule has 0 aliphatic heterocycles. The first kappa shape index (κ1) is 10.1. The maximum atomic E-state index is 5.88. The van der Waals surface area contributed by atoms with E-state index in [9.17, 15) is 0 Å². The van der Waals surface area contributed by atoms with Crippen LogP contribution in [0.5, 0.6) is 0 Å². The minimum absolute atomic E-state index is 0.589. The van der Waals surface area contributed by atoms with Crippen molar-refractivity contribution in [2.24, 2.45) is 11.8 Å². The van der Waals surface area contributed by atoms with Crippen molar-refractivity contribution in [3.05, 3.63) is 29.8 Å². The van der Waals surface area contributed by atoms with Gasteiger partial charge in [-0.2, -0.15) is 0 Å². The van der Waals surface area contributed by atoms with Crippen molar-refractivity contribution in [3.8, 4) is 0 Å². The van der Waals surface area contributed by atoms with Crippen molar-refractivity contribution in [3.63, 3.8) is 0 Å². The summed E-state index contributed by atoms with van der Waals surface area (Å²) in [5, 5.41) is 1.80. The molecule has 0 atom stereocenters. The lowest BCUT2D eigenvalue weighted by Gasteiger charge is -2.20. The number of nitrogens with zero attached hydrogens (tertiary/aromatic N) is 1. The Morgan fingerprint density at radius 1 is 1.23 bits per heavy atom. The Kier molecular flexibility index (Phi) is 3.32. The van der Waals surface area contributed by atoms with Gasteiger partial charge in [0.15, 0.2) is 0 Å². The molecule has 2 nitrogen and oxygen atoms in total. The molecule has 1 rings (SSSR count). The smallest absolute Gasteiger partial charge is 0.0517 e. The predicted molar refractivity (Wildman–Crippen MR) is 57.6 cm³/mol. The van der Waals surface area contributed by atoms with Gasteiger partial charge in [0.2, 0.25) is 0 Å². The molecule has 1 aromatic rings. The Morgan fingerprint density at radius 3 is 2.23 bits per heavy atom. The highest BCUT2D eigenvalue weighted by Gasteiger charge is 2.02. The van der Waals surface area contributed by atoms with Crippen LogP contribution in [0.2, 0.25) is 0 Å². The third kappa shape index (κ3) is 3.07. The molecular weight excluding hydrogens is 160 g/mol. The van der Waals surface area contributed by atoms with Crippen LogP contribution in [0.3, 0.4) is 0 Å². The molecule has 0 spiro atoms. The van der Waals surface area contributed by atoms with E-state index in [1.165, 1.54) is 5.56 Å². The van der Waals surface area contributed by atoms with Crippen LogP contribution >= 0.6 is 0 Å². The molecule has 2 N–H and O–H groups in total. The molecule has 0 aliphatic carbocycles. The van der Waals surface area contributed by atoms with Crippen molar-refractivity contribution in [2.45, 2.75) is 20.8 Å². The largest absolute Gasteiger partial charge is 0.311 e. The zero-order chi connectivity index (χ0) is 9.84. The average Bonchev–Trinajstić information content (AvgIpc) is 2.04. The molecule has 0 aliphatic rings.